The molecular weight excluding hydrogens is 120 g/mol. The molecule has 0 aliphatic rings. The SMILES string of the molecule is N=c1ccn(S)cc1. The first-order valence-corrected chi connectivity index (χ1v) is 2.61. The van der Waals surface area contributed by atoms with Gasteiger partial charge in [-0.25, -0.2) is 0 Å². The molecule has 0 saturated heterocycles. The standard InChI is InChI=1S/C5H6N2S/c6-5-1-3-7(8)4-2-5/h1-4,6,8H. The van der Waals surface area contributed by atoms with Crippen molar-refractivity contribution in [3.8, 4) is 0 Å². The minimum absolute atomic E-state index is 0.510. The Bertz CT molecular complexity index is 208. The molecule has 1 aromatic heterocycles. The largest absolute Gasteiger partial charge is 0.301 e. The number of nitrogens with one attached hydrogen (secondary N) is 1. The summed E-state index contributed by atoms with van der Waals surface area (Å²) in [6.45, 7) is 0. The van der Waals surface area contributed by atoms with Crippen LogP contribution in [0, 0.1) is 5.41 Å². The third-order valence-electron chi connectivity index (χ3n) is 0.814. The predicted molar refractivity (Wildman–Crippen MR) is 34.7 cm³/mol. The normalized spacial score (nSPS) is 9.12. The van der Waals surface area contributed by atoms with Crippen LogP contribution in [0.4, 0.5) is 0 Å². The first-order valence-electron chi connectivity index (χ1n) is 2.21. The highest BCUT2D eigenvalue weighted by Gasteiger charge is 1.74. The van der Waals surface area contributed by atoms with Crippen molar-refractivity contribution in [3.05, 3.63) is 29.9 Å². The summed E-state index contributed by atoms with van der Waals surface area (Å²) >= 11 is 3.97. The van der Waals surface area contributed by atoms with Crippen molar-refractivity contribution in [2.45, 2.75) is 0 Å². The van der Waals surface area contributed by atoms with E-state index in [1.807, 2.05) is 0 Å². The van der Waals surface area contributed by atoms with Gasteiger partial charge in [-0.1, -0.05) is 12.8 Å². The summed E-state index contributed by atoms with van der Waals surface area (Å²) in [5.41, 5.74) is 0. The highest BCUT2D eigenvalue weighted by molar-refractivity contribution is 7.78. The van der Waals surface area contributed by atoms with Crippen LogP contribution in [0.5, 0.6) is 0 Å². The van der Waals surface area contributed by atoms with E-state index in [0.717, 1.165) is 0 Å². The molecule has 1 heterocycles. The zero-order chi connectivity index (χ0) is 5.98. The number of pyridine rings is 1. The summed E-state index contributed by atoms with van der Waals surface area (Å²) in [7, 11) is 0. The molecule has 0 saturated carbocycles. The van der Waals surface area contributed by atoms with Gasteiger partial charge in [-0.05, 0) is 12.1 Å². The molecule has 0 radical (unpaired) electrons. The molecule has 0 aliphatic carbocycles. The van der Waals surface area contributed by atoms with Gasteiger partial charge in [0.05, 0.1) is 5.36 Å². The Kier molecular flexibility index (Phi) is 1.39. The maximum absolute atomic E-state index is 7.04. The van der Waals surface area contributed by atoms with Crippen molar-refractivity contribution in [1.82, 2.24) is 3.97 Å². The van der Waals surface area contributed by atoms with Crippen LogP contribution in [0.15, 0.2) is 24.5 Å². The topological polar surface area (TPSA) is 28.8 Å². The second-order valence-corrected chi connectivity index (χ2v) is 1.93. The first kappa shape index (κ1) is 5.44. The zero-order valence-corrected chi connectivity index (χ0v) is 5.10. The van der Waals surface area contributed by atoms with Crippen molar-refractivity contribution in [1.29, 1.82) is 5.41 Å². The van der Waals surface area contributed by atoms with Crippen LogP contribution in [0.3, 0.4) is 0 Å². The lowest BCUT2D eigenvalue weighted by atomic mass is 10.5. The average molecular weight is 126 g/mol. The zero-order valence-electron chi connectivity index (χ0n) is 4.20. The van der Waals surface area contributed by atoms with Crippen LogP contribution in [0.25, 0.3) is 0 Å². The molecular formula is C5H6N2S. The quantitative estimate of drug-likeness (QED) is 0.478. The van der Waals surface area contributed by atoms with Crippen LogP contribution in [-0.2, 0) is 0 Å². The van der Waals surface area contributed by atoms with E-state index in [4.69, 9.17) is 5.41 Å². The third kappa shape index (κ3) is 1.13. The van der Waals surface area contributed by atoms with Crippen molar-refractivity contribution in [2.24, 2.45) is 0 Å². The van der Waals surface area contributed by atoms with Gasteiger partial charge in [0, 0.05) is 12.4 Å². The molecule has 42 valence electrons. The fourth-order valence-electron chi connectivity index (χ4n) is 0.419. The smallest absolute Gasteiger partial charge is 0.0569 e. The Balaban J connectivity index is 3.22. The molecule has 0 amide bonds. The molecule has 2 nitrogen and oxygen atoms in total. The number of hydrogen-bond donors (Lipinski definition) is 2. The van der Waals surface area contributed by atoms with Crippen LogP contribution in [-0.4, -0.2) is 3.97 Å². The third-order valence-corrected chi connectivity index (χ3v) is 1.08. The van der Waals surface area contributed by atoms with Gasteiger partial charge in [0.2, 0.25) is 0 Å². The van der Waals surface area contributed by atoms with E-state index in [2.05, 4.69) is 12.8 Å². The van der Waals surface area contributed by atoms with E-state index >= 15 is 0 Å². The van der Waals surface area contributed by atoms with E-state index in [0.29, 0.717) is 5.36 Å². The van der Waals surface area contributed by atoms with Crippen molar-refractivity contribution in [3.63, 3.8) is 0 Å². The van der Waals surface area contributed by atoms with Gasteiger partial charge in [-0.2, -0.15) is 0 Å². The lowest BCUT2D eigenvalue weighted by molar-refractivity contribution is 1.17. The van der Waals surface area contributed by atoms with Gasteiger partial charge in [-0.15, -0.1) is 0 Å². The van der Waals surface area contributed by atoms with Gasteiger partial charge < -0.3 is 9.38 Å². The summed E-state index contributed by atoms with van der Waals surface area (Å²) in [5, 5.41) is 7.55. The lowest BCUT2D eigenvalue weighted by Crippen LogP contribution is -1.96. The van der Waals surface area contributed by atoms with Crippen molar-refractivity contribution >= 4 is 12.8 Å². The summed E-state index contributed by atoms with van der Waals surface area (Å²) in [6, 6.07) is 3.35. The molecule has 0 aliphatic heterocycles. The maximum Gasteiger partial charge on any atom is 0.0569 e. The van der Waals surface area contributed by atoms with Gasteiger partial charge in [0.25, 0.3) is 0 Å². The summed E-state index contributed by atoms with van der Waals surface area (Å²) in [4.78, 5) is 0. The minimum atomic E-state index is 0.510. The number of aromatic nitrogens is 1. The molecule has 3 heteroatoms. The fourth-order valence-corrected chi connectivity index (χ4v) is 0.552. The average Bonchev–Trinajstić information content (AvgIpc) is 1.77. The Labute approximate surface area is 52.8 Å². The highest BCUT2D eigenvalue weighted by atomic mass is 32.1. The Hall–Kier alpha value is -0.700. The lowest BCUT2D eigenvalue weighted by Gasteiger charge is -1.89. The molecule has 0 unspecified atom stereocenters. The summed E-state index contributed by atoms with van der Waals surface area (Å²) in [5.74, 6) is 0. The molecule has 1 aromatic rings. The van der Waals surface area contributed by atoms with Crippen molar-refractivity contribution in [2.75, 3.05) is 0 Å². The fraction of sp³-hybridized carbons (Fsp3) is 0. The van der Waals surface area contributed by atoms with E-state index in [9.17, 15) is 0 Å². The van der Waals surface area contributed by atoms with Gasteiger partial charge in [0.1, 0.15) is 0 Å². The van der Waals surface area contributed by atoms with Crippen LogP contribution < -0.4 is 5.36 Å². The molecule has 0 bridgehead atoms. The molecule has 8 heavy (non-hydrogen) atoms. The molecule has 1 rings (SSSR count). The number of rotatable bonds is 0. The molecule has 0 aromatic carbocycles. The Morgan fingerprint density at radius 1 is 1.38 bits per heavy atom. The van der Waals surface area contributed by atoms with Gasteiger partial charge in [-0.3, -0.25) is 0 Å². The van der Waals surface area contributed by atoms with Crippen LogP contribution in [0.2, 0.25) is 0 Å². The first-order chi connectivity index (χ1) is 3.79. The Morgan fingerprint density at radius 2 is 1.88 bits per heavy atom. The second kappa shape index (κ2) is 2.05. The van der Waals surface area contributed by atoms with Crippen LogP contribution in [0.1, 0.15) is 0 Å². The monoisotopic (exact) mass is 126 g/mol. The molecule has 0 spiro atoms. The Morgan fingerprint density at radius 3 is 2.25 bits per heavy atom. The number of nitrogens with zero attached hydrogens (tertiary/aromatic N) is 1. The van der Waals surface area contributed by atoms with Gasteiger partial charge >= 0.3 is 0 Å². The van der Waals surface area contributed by atoms with E-state index in [1.54, 1.807) is 28.5 Å². The van der Waals surface area contributed by atoms with Crippen LogP contribution >= 0.6 is 12.8 Å². The van der Waals surface area contributed by atoms with E-state index in [-0.39, 0.29) is 0 Å². The number of hydrogen-bond acceptors (Lipinski definition) is 2. The maximum atomic E-state index is 7.04. The van der Waals surface area contributed by atoms with E-state index < -0.39 is 0 Å². The van der Waals surface area contributed by atoms with E-state index in [1.165, 1.54) is 0 Å². The number of thiol groups is 1. The highest BCUT2D eigenvalue weighted by Crippen LogP contribution is 1.82. The van der Waals surface area contributed by atoms with Crippen molar-refractivity contribution < 1.29 is 0 Å². The minimum Gasteiger partial charge on any atom is -0.301 e. The summed E-state index contributed by atoms with van der Waals surface area (Å²) in [6.07, 6.45) is 3.43. The predicted octanol–water partition coefficient (Wildman–Crippen LogP) is 0.660. The second-order valence-electron chi connectivity index (χ2n) is 1.47. The molecule has 0 atom stereocenters. The molecule has 1 N–H and O–H groups in total. The molecule has 0 fully saturated rings. The van der Waals surface area contributed by atoms with Gasteiger partial charge in [0.15, 0.2) is 0 Å². The summed E-state index contributed by atoms with van der Waals surface area (Å²) < 4.78 is 1.60.